The van der Waals surface area contributed by atoms with Crippen LogP contribution >= 0.6 is 0 Å². The SMILES string of the molecule is Nc1nonc1-c1nc2c(-c3ccccc3)ncc(N(OC(=O)C(F)(F)F)C(=O)NC3CCNC3)c2[nH]1. The average Bonchev–Trinajstić information content (AvgIpc) is 3.63. The summed E-state index contributed by atoms with van der Waals surface area (Å²) >= 11 is 0. The zero-order valence-corrected chi connectivity index (χ0v) is 18.7. The van der Waals surface area contributed by atoms with Crippen LogP contribution in [0.3, 0.4) is 0 Å². The van der Waals surface area contributed by atoms with Gasteiger partial charge in [0.15, 0.2) is 17.3 Å². The summed E-state index contributed by atoms with van der Waals surface area (Å²) in [4.78, 5) is 41.0. The Morgan fingerprint density at radius 3 is 2.62 bits per heavy atom. The molecule has 192 valence electrons. The smallest absolute Gasteiger partial charge is 0.379 e. The van der Waals surface area contributed by atoms with Crippen molar-refractivity contribution >= 4 is 34.5 Å². The number of urea groups is 1. The molecule has 0 radical (unpaired) electrons. The summed E-state index contributed by atoms with van der Waals surface area (Å²) in [6.45, 7) is 0.988. The van der Waals surface area contributed by atoms with E-state index in [2.05, 4.69) is 45.4 Å². The molecule has 5 N–H and O–H groups in total. The Bertz CT molecular complexity index is 1450. The fourth-order valence-corrected chi connectivity index (χ4v) is 3.76. The van der Waals surface area contributed by atoms with Crippen LogP contribution in [0.4, 0.5) is 29.5 Å². The lowest BCUT2D eigenvalue weighted by Crippen LogP contribution is -2.48. The van der Waals surface area contributed by atoms with Crippen LogP contribution in [0, 0.1) is 0 Å². The van der Waals surface area contributed by atoms with Crippen LogP contribution in [-0.2, 0) is 9.63 Å². The lowest BCUT2D eigenvalue weighted by molar-refractivity contribution is -0.199. The fraction of sp³-hybridized carbons (Fsp3) is 0.238. The third-order valence-electron chi connectivity index (χ3n) is 5.48. The number of anilines is 2. The van der Waals surface area contributed by atoms with Gasteiger partial charge in [-0.15, -0.1) is 5.06 Å². The molecule has 4 heterocycles. The number of alkyl halides is 3. The number of aromatic amines is 1. The second kappa shape index (κ2) is 9.38. The molecule has 1 saturated heterocycles. The van der Waals surface area contributed by atoms with E-state index in [0.29, 0.717) is 30.8 Å². The van der Waals surface area contributed by atoms with Crippen molar-refractivity contribution in [3.8, 4) is 22.8 Å². The first-order valence-corrected chi connectivity index (χ1v) is 10.9. The second-order valence-electron chi connectivity index (χ2n) is 7.98. The Morgan fingerprint density at radius 1 is 1.19 bits per heavy atom. The highest BCUT2D eigenvalue weighted by atomic mass is 19.4. The first kappa shape index (κ1) is 24.0. The van der Waals surface area contributed by atoms with E-state index in [0.717, 1.165) is 6.20 Å². The standard InChI is InChI=1S/C21H18F3N9O4/c22-21(23,24)19(34)36-33(20(35)28-11-6-7-26-8-11)12-9-27-13(10-4-2-1-3-5-10)15-14(12)29-18(30-15)16-17(25)32-37-31-16/h1-5,9,11,26H,6-8H2,(H2,25,32)(H,28,35)(H,29,30). The van der Waals surface area contributed by atoms with E-state index in [1.807, 2.05) is 0 Å². The van der Waals surface area contributed by atoms with Crippen LogP contribution < -0.4 is 21.4 Å². The third kappa shape index (κ3) is 4.73. The van der Waals surface area contributed by atoms with Gasteiger partial charge in [-0.2, -0.15) is 13.2 Å². The van der Waals surface area contributed by atoms with Crippen molar-refractivity contribution in [1.29, 1.82) is 0 Å². The number of aromatic nitrogens is 5. The highest BCUT2D eigenvalue weighted by Gasteiger charge is 2.44. The molecule has 1 aliphatic rings. The molecule has 2 amide bonds. The van der Waals surface area contributed by atoms with Crippen molar-refractivity contribution in [2.24, 2.45) is 0 Å². The molecule has 1 unspecified atom stereocenters. The van der Waals surface area contributed by atoms with Crippen molar-refractivity contribution in [2.75, 3.05) is 23.9 Å². The van der Waals surface area contributed by atoms with E-state index in [1.165, 1.54) is 0 Å². The number of fused-ring (bicyclic) bond motifs is 1. The maximum absolute atomic E-state index is 13.1. The van der Waals surface area contributed by atoms with Crippen molar-refractivity contribution < 1.29 is 32.2 Å². The number of hydrogen-bond donors (Lipinski definition) is 4. The topological polar surface area (TPSA) is 177 Å². The van der Waals surface area contributed by atoms with Crippen molar-refractivity contribution in [3.05, 3.63) is 36.5 Å². The van der Waals surface area contributed by atoms with E-state index in [9.17, 15) is 22.8 Å². The predicted octanol–water partition coefficient (Wildman–Crippen LogP) is 2.16. The van der Waals surface area contributed by atoms with Gasteiger partial charge >= 0.3 is 18.2 Å². The number of nitrogen functional groups attached to an aromatic ring is 1. The van der Waals surface area contributed by atoms with Gasteiger partial charge in [0, 0.05) is 18.2 Å². The predicted molar refractivity (Wildman–Crippen MR) is 121 cm³/mol. The summed E-state index contributed by atoms with van der Waals surface area (Å²) in [6.07, 6.45) is -3.75. The molecule has 13 nitrogen and oxygen atoms in total. The molecule has 0 spiro atoms. The molecule has 0 bridgehead atoms. The van der Waals surface area contributed by atoms with Crippen LogP contribution in [-0.4, -0.2) is 62.6 Å². The summed E-state index contributed by atoms with van der Waals surface area (Å²) in [7, 11) is 0. The maximum Gasteiger partial charge on any atom is 0.493 e. The average molecular weight is 517 g/mol. The number of nitrogens with one attached hydrogen (secondary N) is 3. The van der Waals surface area contributed by atoms with Crippen molar-refractivity contribution in [1.82, 2.24) is 35.9 Å². The van der Waals surface area contributed by atoms with Gasteiger partial charge in [-0.25, -0.2) is 19.2 Å². The van der Waals surface area contributed by atoms with Crippen molar-refractivity contribution in [3.63, 3.8) is 0 Å². The molecule has 1 atom stereocenters. The molecule has 0 aliphatic carbocycles. The van der Waals surface area contributed by atoms with Crippen LogP contribution in [0.25, 0.3) is 33.8 Å². The lowest BCUT2D eigenvalue weighted by Gasteiger charge is -2.24. The maximum atomic E-state index is 13.1. The lowest BCUT2D eigenvalue weighted by atomic mass is 10.1. The normalized spacial score (nSPS) is 15.6. The van der Waals surface area contributed by atoms with Crippen molar-refractivity contribution in [2.45, 2.75) is 18.6 Å². The Balaban J connectivity index is 1.66. The number of nitrogens with zero attached hydrogens (tertiary/aromatic N) is 5. The second-order valence-corrected chi connectivity index (χ2v) is 7.98. The highest BCUT2D eigenvalue weighted by Crippen LogP contribution is 2.35. The van der Waals surface area contributed by atoms with E-state index < -0.39 is 24.2 Å². The van der Waals surface area contributed by atoms with Gasteiger partial charge in [-0.1, -0.05) is 30.3 Å². The number of pyridine rings is 1. The Labute approximate surface area is 205 Å². The number of carbonyl (C=O) groups is 2. The number of halogens is 3. The molecule has 0 saturated carbocycles. The number of nitrogens with two attached hydrogens (primary N) is 1. The first-order chi connectivity index (χ1) is 17.7. The molecule has 16 heteroatoms. The minimum atomic E-state index is -5.37. The molecule has 1 aromatic carbocycles. The first-order valence-electron chi connectivity index (χ1n) is 10.9. The monoisotopic (exact) mass is 517 g/mol. The number of hydrogen-bond acceptors (Lipinski definition) is 10. The summed E-state index contributed by atoms with van der Waals surface area (Å²) in [5.41, 5.74) is 6.55. The Kier molecular flexibility index (Phi) is 6.08. The number of amides is 2. The molecule has 1 aliphatic heterocycles. The van der Waals surface area contributed by atoms with Gasteiger partial charge in [0.25, 0.3) is 0 Å². The summed E-state index contributed by atoms with van der Waals surface area (Å²) in [6, 6.07) is 7.26. The van der Waals surface area contributed by atoms with Gasteiger partial charge in [0.2, 0.25) is 0 Å². The number of carbonyl (C=O) groups excluding carboxylic acids is 2. The Morgan fingerprint density at radius 2 is 1.97 bits per heavy atom. The third-order valence-corrected chi connectivity index (χ3v) is 5.48. The summed E-state index contributed by atoms with van der Waals surface area (Å²) < 4.78 is 43.9. The molecule has 3 aromatic heterocycles. The van der Waals surface area contributed by atoms with E-state index in [1.54, 1.807) is 30.3 Å². The number of benzene rings is 1. The largest absolute Gasteiger partial charge is 0.493 e. The van der Waals surface area contributed by atoms with E-state index >= 15 is 0 Å². The molecule has 5 rings (SSSR count). The number of imidazole rings is 1. The summed E-state index contributed by atoms with van der Waals surface area (Å²) in [5.74, 6) is -2.68. The Hall–Kier alpha value is -4.73. The molecule has 1 fully saturated rings. The summed E-state index contributed by atoms with van der Waals surface area (Å²) in [5, 5.41) is 12.9. The molecule has 4 aromatic rings. The van der Waals surface area contributed by atoms with Crippen LogP contribution in [0.5, 0.6) is 0 Å². The minimum absolute atomic E-state index is 0.0147. The highest BCUT2D eigenvalue weighted by molar-refractivity contribution is 6.04. The van der Waals surface area contributed by atoms with Gasteiger partial charge in [-0.05, 0) is 23.3 Å². The van der Waals surface area contributed by atoms with E-state index in [4.69, 9.17) is 5.73 Å². The number of H-pyrrole nitrogens is 1. The quantitative estimate of drug-likeness (QED) is 0.293. The van der Waals surface area contributed by atoms with Crippen LogP contribution in [0.2, 0.25) is 0 Å². The zero-order valence-electron chi connectivity index (χ0n) is 18.7. The van der Waals surface area contributed by atoms with E-state index in [-0.39, 0.29) is 39.1 Å². The minimum Gasteiger partial charge on any atom is -0.379 e. The number of rotatable bonds is 4. The fourth-order valence-electron chi connectivity index (χ4n) is 3.76. The molecular formula is C21H18F3N9O4. The number of hydroxylamine groups is 1. The van der Waals surface area contributed by atoms with Crippen LogP contribution in [0.15, 0.2) is 41.2 Å². The molecule has 37 heavy (non-hydrogen) atoms. The van der Waals surface area contributed by atoms with Gasteiger partial charge in [0.05, 0.1) is 17.4 Å². The van der Waals surface area contributed by atoms with Gasteiger partial charge < -0.3 is 26.2 Å². The van der Waals surface area contributed by atoms with Crippen LogP contribution in [0.1, 0.15) is 6.42 Å². The van der Waals surface area contributed by atoms with Gasteiger partial charge in [0.1, 0.15) is 11.2 Å². The zero-order chi connectivity index (χ0) is 26.2. The molecular weight excluding hydrogens is 499 g/mol. The van der Waals surface area contributed by atoms with Gasteiger partial charge in [-0.3, -0.25) is 4.98 Å².